The van der Waals surface area contributed by atoms with Gasteiger partial charge in [-0.1, -0.05) is 11.6 Å². The van der Waals surface area contributed by atoms with Crippen LogP contribution in [0.1, 0.15) is 28.9 Å². The third-order valence-corrected chi connectivity index (χ3v) is 4.07. The number of aromatic nitrogens is 2. The molecule has 7 heteroatoms. The van der Waals surface area contributed by atoms with E-state index in [0.717, 1.165) is 25.0 Å². The Bertz CT molecular complexity index is 732. The molecule has 1 atom stereocenters. The summed E-state index contributed by atoms with van der Waals surface area (Å²) >= 11 is 5.93. The van der Waals surface area contributed by atoms with Gasteiger partial charge in [0.25, 0.3) is 5.91 Å². The summed E-state index contributed by atoms with van der Waals surface area (Å²) in [6.07, 6.45) is 3.86. The summed E-state index contributed by atoms with van der Waals surface area (Å²) in [4.78, 5) is 20.8. The number of ether oxygens (including phenoxy) is 1. The topological polar surface area (TPSA) is 76.1 Å². The van der Waals surface area contributed by atoms with Crippen LogP contribution in [0.25, 0.3) is 0 Å². The molecule has 2 aromatic rings. The van der Waals surface area contributed by atoms with Gasteiger partial charge < -0.3 is 15.4 Å². The first kappa shape index (κ1) is 16.7. The van der Waals surface area contributed by atoms with E-state index in [1.54, 1.807) is 30.5 Å². The monoisotopic (exact) mass is 346 g/mol. The lowest BCUT2D eigenvalue weighted by atomic mass is 10.2. The van der Waals surface area contributed by atoms with E-state index in [9.17, 15) is 4.79 Å². The highest BCUT2D eigenvalue weighted by atomic mass is 35.5. The molecule has 1 aromatic heterocycles. The van der Waals surface area contributed by atoms with Crippen molar-refractivity contribution in [1.29, 1.82) is 0 Å². The molecule has 126 valence electrons. The van der Waals surface area contributed by atoms with Crippen molar-refractivity contribution < 1.29 is 9.53 Å². The number of amides is 1. The standard InChI is InChI=1S/C17H19ClN4O2/c1-11-9-12(18)4-5-14(11)21-16(23)15-6-7-19-17(22-15)20-10-13-3-2-8-24-13/h4-7,9,13H,2-3,8,10H2,1H3,(H,21,23)(H,19,20,22). The number of hydrogen-bond donors (Lipinski definition) is 2. The summed E-state index contributed by atoms with van der Waals surface area (Å²) in [7, 11) is 0. The summed E-state index contributed by atoms with van der Waals surface area (Å²) < 4.78 is 5.55. The predicted molar refractivity (Wildman–Crippen MR) is 93.6 cm³/mol. The van der Waals surface area contributed by atoms with Crippen LogP contribution in [-0.2, 0) is 4.74 Å². The zero-order valence-electron chi connectivity index (χ0n) is 13.4. The molecule has 0 bridgehead atoms. The first-order valence-corrected chi connectivity index (χ1v) is 8.25. The summed E-state index contributed by atoms with van der Waals surface area (Å²) in [6, 6.07) is 6.88. The number of aryl methyl sites for hydroxylation is 1. The molecule has 2 heterocycles. The Morgan fingerprint density at radius 1 is 1.42 bits per heavy atom. The molecular weight excluding hydrogens is 328 g/mol. The Morgan fingerprint density at radius 2 is 2.29 bits per heavy atom. The van der Waals surface area contributed by atoms with Gasteiger partial charge in [0.15, 0.2) is 0 Å². The molecular formula is C17H19ClN4O2. The van der Waals surface area contributed by atoms with Gasteiger partial charge in [-0.15, -0.1) is 0 Å². The van der Waals surface area contributed by atoms with Gasteiger partial charge in [-0.2, -0.15) is 0 Å². The Labute approximate surface area is 145 Å². The molecule has 3 rings (SSSR count). The molecule has 1 saturated heterocycles. The molecule has 0 saturated carbocycles. The van der Waals surface area contributed by atoms with Crippen LogP contribution in [0.4, 0.5) is 11.6 Å². The van der Waals surface area contributed by atoms with Gasteiger partial charge in [-0.25, -0.2) is 9.97 Å². The van der Waals surface area contributed by atoms with Crippen LogP contribution in [0.15, 0.2) is 30.5 Å². The Kier molecular flexibility index (Phi) is 5.27. The minimum absolute atomic E-state index is 0.183. The van der Waals surface area contributed by atoms with Crippen LogP contribution in [0.5, 0.6) is 0 Å². The molecule has 6 nitrogen and oxygen atoms in total. The highest BCUT2D eigenvalue weighted by Crippen LogP contribution is 2.20. The molecule has 1 aliphatic heterocycles. The minimum atomic E-state index is -0.289. The normalized spacial score (nSPS) is 16.8. The van der Waals surface area contributed by atoms with Crippen LogP contribution in [-0.4, -0.2) is 35.1 Å². The first-order chi connectivity index (χ1) is 11.6. The van der Waals surface area contributed by atoms with Crippen molar-refractivity contribution >= 4 is 29.1 Å². The van der Waals surface area contributed by atoms with E-state index in [1.807, 2.05) is 6.92 Å². The van der Waals surface area contributed by atoms with Crippen molar-refractivity contribution in [3.63, 3.8) is 0 Å². The van der Waals surface area contributed by atoms with Crippen molar-refractivity contribution in [2.24, 2.45) is 0 Å². The first-order valence-electron chi connectivity index (χ1n) is 7.88. The summed E-state index contributed by atoms with van der Waals surface area (Å²) in [5.41, 5.74) is 1.90. The SMILES string of the molecule is Cc1cc(Cl)ccc1NC(=O)c1ccnc(NCC2CCCO2)n1. The minimum Gasteiger partial charge on any atom is -0.376 e. The number of halogens is 1. The van der Waals surface area contributed by atoms with E-state index < -0.39 is 0 Å². The second kappa shape index (κ2) is 7.59. The smallest absolute Gasteiger partial charge is 0.274 e. The van der Waals surface area contributed by atoms with Gasteiger partial charge in [0.2, 0.25) is 5.95 Å². The fraction of sp³-hybridized carbons (Fsp3) is 0.353. The van der Waals surface area contributed by atoms with E-state index >= 15 is 0 Å². The zero-order chi connectivity index (χ0) is 16.9. The maximum atomic E-state index is 12.4. The van der Waals surface area contributed by atoms with Gasteiger partial charge in [0.05, 0.1) is 6.10 Å². The zero-order valence-corrected chi connectivity index (χ0v) is 14.1. The maximum absolute atomic E-state index is 12.4. The van der Waals surface area contributed by atoms with E-state index in [2.05, 4.69) is 20.6 Å². The Balaban J connectivity index is 1.65. The van der Waals surface area contributed by atoms with E-state index in [1.165, 1.54) is 0 Å². The fourth-order valence-corrected chi connectivity index (χ4v) is 2.76. The van der Waals surface area contributed by atoms with E-state index in [-0.39, 0.29) is 12.0 Å². The number of carbonyl (C=O) groups excluding carboxylic acids is 1. The maximum Gasteiger partial charge on any atom is 0.274 e. The highest BCUT2D eigenvalue weighted by Gasteiger charge is 2.16. The van der Waals surface area contributed by atoms with Crippen molar-refractivity contribution in [3.8, 4) is 0 Å². The number of benzene rings is 1. The lowest BCUT2D eigenvalue weighted by molar-refractivity contribution is 0.102. The number of carbonyl (C=O) groups is 1. The molecule has 0 aliphatic carbocycles. The van der Waals surface area contributed by atoms with Crippen LogP contribution in [0, 0.1) is 6.92 Å². The molecule has 2 N–H and O–H groups in total. The number of nitrogens with zero attached hydrogens (tertiary/aromatic N) is 2. The number of nitrogens with one attached hydrogen (secondary N) is 2. The van der Waals surface area contributed by atoms with Gasteiger partial charge in [-0.05, 0) is 49.6 Å². The average molecular weight is 347 g/mol. The van der Waals surface area contributed by atoms with Crippen LogP contribution < -0.4 is 10.6 Å². The molecule has 1 unspecified atom stereocenters. The molecule has 1 aliphatic rings. The van der Waals surface area contributed by atoms with E-state index in [0.29, 0.717) is 28.9 Å². The van der Waals surface area contributed by atoms with Crippen molar-refractivity contribution in [1.82, 2.24) is 9.97 Å². The van der Waals surface area contributed by atoms with Gasteiger partial charge >= 0.3 is 0 Å². The van der Waals surface area contributed by atoms with Crippen LogP contribution in [0.3, 0.4) is 0 Å². The third kappa shape index (κ3) is 4.21. The molecule has 1 aromatic carbocycles. The molecule has 24 heavy (non-hydrogen) atoms. The summed E-state index contributed by atoms with van der Waals surface area (Å²) in [6.45, 7) is 3.33. The largest absolute Gasteiger partial charge is 0.376 e. The average Bonchev–Trinajstić information content (AvgIpc) is 3.09. The van der Waals surface area contributed by atoms with Crippen molar-refractivity contribution in [2.75, 3.05) is 23.8 Å². The summed E-state index contributed by atoms with van der Waals surface area (Å²) in [5.74, 6) is 0.133. The molecule has 0 spiro atoms. The number of hydrogen-bond acceptors (Lipinski definition) is 5. The van der Waals surface area contributed by atoms with Gasteiger partial charge in [0.1, 0.15) is 5.69 Å². The second-order valence-corrected chi connectivity index (χ2v) is 6.13. The van der Waals surface area contributed by atoms with Crippen LogP contribution >= 0.6 is 11.6 Å². The van der Waals surface area contributed by atoms with Gasteiger partial charge in [-0.3, -0.25) is 4.79 Å². The number of anilines is 2. The Hall–Kier alpha value is -2.18. The Morgan fingerprint density at radius 3 is 3.04 bits per heavy atom. The molecule has 0 radical (unpaired) electrons. The number of rotatable bonds is 5. The third-order valence-electron chi connectivity index (χ3n) is 3.84. The lowest BCUT2D eigenvalue weighted by Gasteiger charge is -2.11. The lowest BCUT2D eigenvalue weighted by Crippen LogP contribution is -2.21. The fourth-order valence-electron chi connectivity index (χ4n) is 2.53. The van der Waals surface area contributed by atoms with Crippen LogP contribution in [0.2, 0.25) is 5.02 Å². The summed E-state index contributed by atoms with van der Waals surface area (Å²) in [5, 5.41) is 6.59. The molecule has 1 amide bonds. The van der Waals surface area contributed by atoms with Gasteiger partial charge in [0, 0.05) is 30.1 Å². The predicted octanol–water partition coefficient (Wildman–Crippen LogP) is 3.28. The quantitative estimate of drug-likeness (QED) is 0.868. The molecule has 1 fully saturated rings. The van der Waals surface area contributed by atoms with Crippen molar-refractivity contribution in [3.05, 3.63) is 46.7 Å². The van der Waals surface area contributed by atoms with E-state index in [4.69, 9.17) is 16.3 Å². The van der Waals surface area contributed by atoms with Crippen molar-refractivity contribution in [2.45, 2.75) is 25.9 Å². The highest BCUT2D eigenvalue weighted by molar-refractivity contribution is 6.30. The second-order valence-electron chi connectivity index (χ2n) is 5.69.